The zero-order valence-electron chi connectivity index (χ0n) is 15.5. The Hall–Kier alpha value is -2.04. The van der Waals surface area contributed by atoms with E-state index in [-0.39, 0.29) is 6.61 Å². The molecule has 0 spiro atoms. The van der Waals surface area contributed by atoms with Gasteiger partial charge in [0.15, 0.2) is 0 Å². The molecule has 0 aliphatic heterocycles. The van der Waals surface area contributed by atoms with Crippen molar-refractivity contribution in [3.63, 3.8) is 0 Å². The molecule has 0 aliphatic rings. The minimum Gasteiger partial charge on any atom is -0.391 e. The van der Waals surface area contributed by atoms with Gasteiger partial charge in [-0.15, -0.1) is 0 Å². The van der Waals surface area contributed by atoms with Gasteiger partial charge in [0.05, 0.1) is 18.2 Å². The van der Waals surface area contributed by atoms with Crippen LogP contribution in [0, 0.1) is 13.8 Å². The highest BCUT2D eigenvalue weighted by Crippen LogP contribution is 2.23. The fourth-order valence-electron chi connectivity index (χ4n) is 2.18. The van der Waals surface area contributed by atoms with E-state index in [0.717, 1.165) is 34.5 Å². The van der Waals surface area contributed by atoms with Crippen molar-refractivity contribution in [3.05, 3.63) is 62.6 Å². The number of aliphatic imine (C=N–C) groups is 1. The zero-order valence-corrected chi connectivity index (χ0v) is 17.0. The monoisotopic (exact) mass is 391 g/mol. The van der Waals surface area contributed by atoms with E-state index in [9.17, 15) is 0 Å². The van der Waals surface area contributed by atoms with Crippen LogP contribution in [0.1, 0.15) is 29.2 Å². The Morgan fingerprint density at radius 1 is 1.12 bits per heavy atom. The molecule has 0 amide bonds. The molecule has 0 bridgehead atoms. The van der Waals surface area contributed by atoms with E-state index in [2.05, 4.69) is 23.1 Å². The van der Waals surface area contributed by atoms with Crippen LogP contribution in [0.2, 0.25) is 10.0 Å². The maximum atomic E-state index is 6.12. The van der Waals surface area contributed by atoms with E-state index in [0.29, 0.717) is 10.0 Å². The number of aryl methyl sites for hydroxylation is 2. The number of hydrogen-bond acceptors (Lipinski definition) is 3. The number of hydrogen-bond donors (Lipinski definition) is 0. The second-order valence-corrected chi connectivity index (χ2v) is 6.90. The van der Waals surface area contributed by atoms with Gasteiger partial charge in [0.25, 0.3) is 0 Å². The Bertz CT molecular complexity index is 819. The molecule has 0 aliphatic carbocycles. The van der Waals surface area contributed by atoms with Gasteiger partial charge in [-0.25, -0.2) is 4.99 Å². The van der Waals surface area contributed by atoms with Crippen molar-refractivity contribution in [1.82, 2.24) is 4.90 Å². The molecule has 26 heavy (non-hydrogen) atoms. The predicted molar refractivity (Wildman–Crippen MR) is 111 cm³/mol. The van der Waals surface area contributed by atoms with Crippen LogP contribution in [0.3, 0.4) is 0 Å². The van der Waals surface area contributed by atoms with Gasteiger partial charge >= 0.3 is 0 Å². The summed E-state index contributed by atoms with van der Waals surface area (Å²) in [6.07, 6.45) is 3.55. The van der Waals surface area contributed by atoms with Crippen LogP contribution in [0.5, 0.6) is 0 Å². The lowest BCUT2D eigenvalue weighted by atomic mass is 10.0. The molecule has 0 fully saturated rings. The summed E-state index contributed by atoms with van der Waals surface area (Å²) < 4.78 is 0. The molecular formula is C20H23Cl2N3O. The fourth-order valence-corrected chi connectivity index (χ4v) is 2.65. The molecule has 0 radical (unpaired) electrons. The van der Waals surface area contributed by atoms with E-state index in [1.165, 1.54) is 0 Å². The molecule has 6 heteroatoms. The summed E-state index contributed by atoms with van der Waals surface area (Å²) >= 11 is 12.0. The van der Waals surface area contributed by atoms with Crippen LogP contribution in [0.4, 0.5) is 5.69 Å². The lowest BCUT2D eigenvalue weighted by Gasteiger charge is -2.10. The smallest absolute Gasteiger partial charge is 0.143 e. The molecule has 0 saturated heterocycles. The van der Waals surface area contributed by atoms with E-state index in [4.69, 9.17) is 28.0 Å². The number of halogens is 2. The molecule has 0 heterocycles. The Balaban J connectivity index is 2.03. The number of rotatable bonds is 7. The van der Waals surface area contributed by atoms with E-state index in [1.807, 2.05) is 44.3 Å². The van der Waals surface area contributed by atoms with Crippen molar-refractivity contribution in [2.75, 3.05) is 13.6 Å². The minimum atomic E-state index is 0.288. The summed E-state index contributed by atoms with van der Waals surface area (Å²) in [6.45, 7) is 7.35. The third-order valence-electron chi connectivity index (χ3n) is 3.98. The van der Waals surface area contributed by atoms with Gasteiger partial charge in [-0.05, 0) is 61.7 Å². The molecule has 0 unspecified atom stereocenters. The Morgan fingerprint density at radius 2 is 1.88 bits per heavy atom. The van der Waals surface area contributed by atoms with Crippen LogP contribution < -0.4 is 0 Å². The summed E-state index contributed by atoms with van der Waals surface area (Å²) in [7, 11) is 2.00. The highest BCUT2D eigenvalue weighted by molar-refractivity contribution is 6.35. The fraction of sp³-hybridized carbons (Fsp3) is 0.300. The third-order valence-corrected chi connectivity index (χ3v) is 4.57. The first-order chi connectivity index (χ1) is 12.4. The third kappa shape index (κ3) is 5.75. The van der Waals surface area contributed by atoms with E-state index in [1.54, 1.807) is 18.3 Å². The molecule has 0 N–H and O–H groups in total. The molecule has 2 aromatic rings. The summed E-state index contributed by atoms with van der Waals surface area (Å²) in [6, 6.07) is 9.39. The van der Waals surface area contributed by atoms with Crippen molar-refractivity contribution < 1.29 is 4.84 Å². The average molecular weight is 392 g/mol. The number of oxime groups is 1. The van der Waals surface area contributed by atoms with Gasteiger partial charge < -0.3 is 9.74 Å². The first-order valence-corrected chi connectivity index (χ1v) is 9.11. The molecule has 138 valence electrons. The predicted octanol–water partition coefficient (Wildman–Crippen LogP) is 5.77. The Morgan fingerprint density at radius 3 is 2.58 bits per heavy atom. The van der Waals surface area contributed by atoms with Gasteiger partial charge in [0.2, 0.25) is 0 Å². The van der Waals surface area contributed by atoms with Crippen molar-refractivity contribution in [1.29, 1.82) is 0 Å². The summed E-state index contributed by atoms with van der Waals surface area (Å²) in [5.74, 6) is 0. The van der Waals surface area contributed by atoms with Gasteiger partial charge in [-0.3, -0.25) is 0 Å². The van der Waals surface area contributed by atoms with Gasteiger partial charge in [0.1, 0.15) is 6.61 Å². The lowest BCUT2D eigenvalue weighted by Crippen LogP contribution is -2.14. The molecule has 0 atom stereocenters. The van der Waals surface area contributed by atoms with Crippen molar-refractivity contribution in [2.24, 2.45) is 10.1 Å². The molecule has 0 aromatic heterocycles. The highest BCUT2D eigenvalue weighted by atomic mass is 35.5. The van der Waals surface area contributed by atoms with Crippen LogP contribution in [-0.4, -0.2) is 31.0 Å². The first-order valence-electron chi connectivity index (χ1n) is 8.35. The van der Waals surface area contributed by atoms with Crippen molar-refractivity contribution >= 4 is 41.4 Å². The number of benzene rings is 2. The van der Waals surface area contributed by atoms with E-state index < -0.39 is 0 Å². The standard InChI is InChI=1S/C20H23Cl2N3O/c1-5-25(4)13-23-20-9-14(2)17(8-15(20)3)11-24-26-12-16-6-7-18(21)10-19(16)22/h6-11,13H,5,12H2,1-4H3/b23-13?,24-11+. The molecular weight excluding hydrogens is 369 g/mol. The van der Waals surface area contributed by atoms with E-state index >= 15 is 0 Å². The molecule has 2 rings (SSSR count). The van der Waals surface area contributed by atoms with Crippen molar-refractivity contribution in [2.45, 2.75) is 27.4 Å². The highest BCUT2D eigenvalue weighted by Gasteiger charge is 2.04. The number of nitrogens with zero attached hydrogens (tertiary/aromatic N) is 3. The van der Waals surface area contributed by atoms with Crippen LogP contribution in [0.25, 0.3) is 0 Å². The van der Waals surface area contributed by atoms with Crippen LogP contribution in [-0.2, 0) is 11.4 Å². The summed E-state index contributed by atoms with van der Waals surface area (Å²) in [5.41, 5.74) is 4.95. The van der Waals surface area contributed by atoms with Crippen LogP contribution in [0.15, 0.2) is 40.5 Å². The summed E-state index contributed by atoms with van der Waals surface area (Å²) in [5, 5.41) is 5.22. The molecule has 4 nitrogen and oxygen atoms in total. The molecule has 0 saturated carbocycles. The summed E-state index contributed by atoms with van der Waals surface area (Å²) in [4.78, 5) is 11.9. The van der Waals surface area contributed by atoms with Gasteiger partial charge in [-0.2, -0.15) is 0 Å². The van der Waals surface area contributed by atoms with Gasteiger partial charge in [-0.1, -0.05) is 34.4 Å². The average Bonchev–Trinajstić information content (AvgIpc) is 2.61. The minimum absolute atomic E-state index is 0.288. The largest absolute Gasteiger partial charge is 0.391 e. The Kier molecular flexibility index (Phi) is 7.49. The second-order valence-electron chi connectivity index (χ2n) is 6.06. The first kappa shape index (κ1) is 20.3. The zero-order chi connectivity index (χ0) is 19.1. The maximum absolute atomic E-state index is 6.12. The Labute approximate surface area is 165 Å². The lowest BCUT2D eigenvalue weighted by molar-refractivity contribution is 0.132. The SMILES string of the molecule is CCN(C)C=Nc1cc(C)c(/C=N/OCc2ccc(Cl)cc2Cl)cc1C. The molecule has 2 aromatic carbocycles. The quantitative estimate of drug-likeness (QED) is 0.341. The maximum Gasteiger partial charge on any atom is 0.143 e. The van der Waals surface area contributed by atoms with Crippen molar-refractivity contribution in [3.8, 4) is 0 Å². The normalized spacial score (nSPS) is 11.5. The van der Waals surface area contributed by atoms with Crippen LogP contribution >= 0.6 is 23.2 Å². The topological polar surface area (TPSA) is 37.2 Å². The van der Waals surface area contributed by atoms with Gasteiger partial charge in [0, 0.05) is 29.2 Å². The second kappa shape index (κ2) is 9.60.